The predicted octanol–water partition coefficient (Wildman–Crippen LogP) is 5.62. The molecule has 0 radical (unpaired) electrons. The molecule has 6 heteroatoms. The van der Waals surface area contributed by atoms with Crippen molar-refractivity contribution in [2.45, 2.75) is 24.9 Å². The highest BCUT2D eigenvalue weighted by molar-refractivity contribution is 5.43. The summed E-state index contributed by atoms with van der Waals surface area (Å²) in [7, 11) is 0. The first-order chi connectivity index (χ1) is 15.0. The van der Waals surface area contributed by atoms with Crippen LogP contribution < -0.4 is 4.74 Å². The van der Waals surface area contributed by atoms with E-state index in [-0.39, 0.29) is 11.9 Å². The van der Waals surface area contributed by atoms with E-state index in [0.29, 0.717) is 18.7 Å². The molecule has 3 aromatic rings. The van der Waals surface area contributed by atoms with Gasteiger partial charge >= 0.3 is 6.36 Å². The summed E-state index contributed by atoms with van der Waals surface area (Å²) in [6.07, 6.45) is -5.07. The van der Waals surface area contributed by atoms with E-state index in [1.807, 2.05) is 48.5 Å². The average molecular weight is 427 g/mol. The van der Waals surface area contributed by atoms with Gasteiger partial charge in [-0.3, -0.25) is 4.90 Å². The number of halogens is 3. The number of para-hydroxylation sites is 1. The number of alkyl halides is 3. The van der Waals surface area contributed by atoms with E-state index in [1.54, 1.807) is 18.2 Å². The molecule has 31 heavy (non-hydrogen) atoms. The molecule has 1 aliphatic heterocycles. The van der Waals surface area contributed by atoms with Gasteiger partial charge in [0.2, 0.25) is 0 Å². The summed E-state index contributed by atoms with van der Waals surface area (Å²) in [5.74, 6) is -0.578. The summed E-state index contributed by atoms with van der Waals surface area (Å²) >= 11 is 0. The summed E-state index contributed by atoms with van der Waals surface area (Å²) in [6.45, 7) is 2.66. The molecular weight excluding hydrogens is 403 g/mol. The van der Waals surface area contributed by atoms with Crippen LogP contribution in [-0.4, -0.2) is 37.1 Å². The monoisotopic (exact) mass is 427 g/mol. The van der Waals surface area contributed by atoms with Crippen LogP contribution in [-0.2, 0) is 11.3 Å². The second-order valence-corrected chi connectivity index (χ2v) is 7.60. The first-order valence-corrected chi connectivity index (χ1v) is 10.3. The third-order valence-electron chi connectivity index (χ3n) is 5.44. The number of benzene rings is 3. The lowest BCUT2D eigenvalue weighted by Gasteiger charge is -2.38. The van der Waals surface area contributed by atoms with Crippen LogP contribution in [0.4, 0.5) is 13.2 Å². The minimum Gasteiger partial charge on any atom is -0.405 e. The van der Waals surface area contributed by atoms with Gasteiger partial charge in [-0.05, 0) is 17.2 Å². The largest absolute Gasteiger partial charge is 0.573 e. The molecule has 2 atom stereocenters. The van der Waals surface area contributed by atoms with Gasteiger partial charge in [-0.2, -0.15) is 0 Å². The van der Waals surface area contributed by atoms with Crippen LogP contribution in [0.1, 0.15) is 22.6 Å². The second-order valence-electron chi connectivity index (χ2n) is 7.60. The molecular formula is C25H24F3NO2. The number of ether oxygens (including phenoxy) is 2. The van der Waals surface area contributed by atoms with Crippen molar-refractivity contribution in [2.75, 3.05) is 19.7 Å². The van der Waals surface area contributed by atoms with Crippen molar-refractivity contribution in [3.05, 3.63) is 102 Å². The molecule has 0 bridgehead atoms. The Morgan fingerprint density at radius 3 is 2.26 bits per heavy atom. The molecule has 0 aliphatic carbocycles. The van der Waals surface area contributed by atoms with E-state index in [2.05, 4.69) is 21.8 Å². The Kier molecular flexibility index (Phi) is 6.59. The van der Waals surface area contributed by atoms with Crippen molar-refractivity contribution in [3.63, 3.8) is 0 Å². The molecule has 0 aromatic heterocycles. The number of rotatable bonds is 6. The van der Waals surface area contributed by atoms with Crippen LogP contribution >= 0.6 is 0 Å². The Balaban J connectivity index is 1.65. The molecule has 1 unspecified atom stereocenters. The minimum atomic E-state index is -4.76. The molecule has 162 valence electrons. The van der Waals surface area contributed by atoms with Gasteiger partial charge < -0.3 is 9.47 Å². The highest BCUT2D eigenvalue weighted by atomic mass is 19.4. The summed E-state index contributed by atoms with van der Waals surface area (Å²) in [5, 5.41) is 0. The first-order valence-electron chi connectivity index (χ1n) is 10.3. The van der Waals surface area contributed by atoms with Crippen LogP contribution in [0.25, 0.3) is 0 Å². The van der Waals surface area contributed by atoms with E-state index < -0.39 is 12.3 Å². The van der Waals surface area contributed by atoms with Crippen LogP contribution in [0.2, 0.25) is 0 Å². The van der Waals surface area contributed by atoms with Crippen molar-refractivity contribution in [3.8, 4) is 5.75 Å². The fraction of sp³-hybridized carbons (Fsp3) is 0.280. The summed E-state index contributed by atoms with van der Waals surface area (Å²) in [5.41, 5.74) is 2.56. The topological polar surface area (TPSA) is 21.7 Å². The Bertz CT molecular complexity index is 963. The number of nitrogens with zero attached hydrogens (tertiary/aromatic N) is 1. The quantitative estimate of drug-likeness (QED) is 0.510. The maximum Gasteiger partial charge on any atom is 0.573 e. The number of hydrogen-bond donors (Lipinski definition) is 0. The Hall–Kier alpha value is -2.83. The van der Waals surface area contributed by atoms with E-state index in [9.17, 15) is 13.2 Å². The zero-order valence-corrected chi connectivity index (χ0v) is 17.0. The second kappa shape index (κ2) is 9.54. The average Bonchev–Trinajstić information content (AvgIpc) is 2.76. The molecule has 1 saturated heterocycles. The Labute approximate surface area is 180 Å². The third-order valence-corrected chi connectivity index (χ3v) is 5.44. The molecule has 1 heterocycles. The number of hydrogen-bond acceptors (Lipinski definition) is 3. The van der Waals surface area contributed by atoms with Gasteiger partial charge in [0.05, 0.1) is 12.7 Å². The van der Waals surface area contributed by atoms with Gasteiger partial charge in [0.1, 0.15) is 5.75 Å². The standard InChI is InChI=1S/C25H24F3NO2/c26-25(27,28)31-22-14-8-7-13-21(22)24(20-11-5-2-6-12-20)23-18-29(15-16-30-23)17-19-9-3-1-4-10-19/h1-14,23-24H,15-18H2/t23-,24?/m0/s1. The predicted molar refractivity (Wildman–Crippen MR) is 113 cm³/mol. The Morgan fingerprint density at radius 2 is 1.55 bits per heavy atom. The van der Waals surface area contributed by atoms with Crippen molar-refractivity contribution in [1.29, 1.82) is 0 Å². The zero-order chi connectivity index (χ0) is 21.7. The van der Waals surface area contributed by atoms with Crippen molar-refractivity contribution < 1.29 is 22.6 Å². The number of morpholine rings is 1. The van der Waals surface area contributed by atoms with E-state index in [1.165, 1.54) is 11.6 Å². The highest BCUT2D eigenvalue weighted by Gasteiger charge is 2.36. The van der Waals surface area contributed by atoms with Crippen LogP contribution in [0.5, 0.6) is 5.75 Å². The first kappa shape index (κ1) is 21.4. The molecule has 1 fully saturated rings. The van der Waals surface area contributed by atoms with Gasteiger partial charge in [-0.25, -0.2) is 0 Å². The van der Waals surface area contributed by atoms with Gasteiger partial charge in [-0.1, -0.05) is 78.9 Å². The Morgan fingerprint density at radius 1 is 0.903 bits per heavy atom. The molecule has 3 aromatic carbocycles. The normalized spacial score (nSPS) is 18.5. The van der Waals surface area contributed by atoms with E-state index in [4.69, 9.17) is 4.74 Å². The van der Waals surface area contributed by atoms with Crippen LogP contribution in [0.15, 0.2) is 84.9 Å². The van der Waals surface area contributed by atoms with Gasteiger partial charge in [0.15, 0.2) is 0 Å². The van der Waals surface area contributed by atoms with Gasteiger partial charge in [0.25, 0.3) is 0 Å². The van der Waals surface area contributed by atoms with Gasteiger partial charge in [-0.15, -0.1) is 13.2 Å². The molecule has 4 rings (SSSR count). The van der Waals surface area contributed by atoms with E-state index in [0.717, 1.165) is 18.7 Å². The summed E-state index contributed by atoms with van der Waals surface area (Å²) in [6, 6.07) is 26.0. The molecule has 3 nitrogen and oxygen atoms in total. The maximum absolute atomic E-state index is 13.1. The summed E-state index contributed by atoms with van der Waals surface area (Å²) < 4.78 is 49.7. The SMILES string of the molecule is FC(F)(F)Oc1ccccc1C(c1ccccc1)[C@@H]1CN(Cc2ccccc2)CCO1. The smallest absolute Gasteiger partial charge is 0.405 e. The lowest BCUT2D eigenvalue weighted by molar-refractivity contribution is -0.275. The fourth-order valence-corrected chi connectivity index (χ4v) is 4.13. The van der Waals surface area contributed by atoms with Crippen molar-refractivity contribution in [1.82, 2.24) is 4.90 Å². The minimum absolute atomic E-state index is 0.187. The van der Waals surface area contributed by atoms with Crippen molar-refractivity contribution in [2.24, 2.45) is 0 Å². The fourth-order valence-electron chi connectivity index (χ4n) is 4.13. The lowest BCUT2D eigenvalue weighted by atomic mass is 9.85. The lowest BCUT2D eigenvalue weighted by Crippen LogP contribution is -2.45. The van der Waals surface area contributed by atoms with Gasteiger partial charge in [0, 0.05) is 31.1 Å². The highest BCUT2D eigenvalue weighted by Crippen LogP contribution is 2.38. The van der Waals surface area contributed by atoms with Crippen LogP contribution in [0, 0.1) is 0 Å². The maximum atomic E-state index is 13.1. The molecule has 0 N–H and O–H groups in total. The molecule has 0 spiro atoms. The summed E-state index contributed by atoms with van der Waals surface area (Å²) in [4.78, 5) is 2.28. The van der Waals surface area contributed by atoms with E-state index >= 15 is 0 Å². The molecule has 0 saturated carbocycles. The molecule has 0 amide bonds. The molecule has 1 aliphatic rings. The third kappa shape index (κ3) is 5.66. The zero-order valence-electron chi connectivity index (χ0n) is 17.0. The van der Waals surface area contributed by atoms with Crippen molar-refractivity contribution >= 4 is 0 Å². The van der Waals surface area contributed by atoms with Crippen LogP contribution in [0.3, 0.4) is 0 Å².